The Hall–Kier alpha value is -3.00. The van der Waals surface area contributed by atoms with Crippen LogP contribution in [0, 0.1) is 0 Å². The smallest absolute Gasteiger partial charge is 0.0740 e. The number of fused-ring (bicyclic) bond motifs is 4. The normalized spacial score (nSPS) is 13.0. The van der Waals surface area contributed by atoms with Crippen molar-refractivity contribution < 1.29 is 0 Å². The van der Waals surface area contributed by atoms with E-state index in [9.17, 15) is 0 Å². The molecule has 1 aliphatic carbocycles. The monoisotopic (exact) mass is 392 g/mol. The Labute approximate surface area is 179 Å². The first-order valence-electron chi connectivity index (χ1n) is 11.0. The van der Waals surface area contributed by atoms with Crippen LogP contribution in [0.25, 0.3) is 33.2 Å². The van der Waals surface area contributed by atoms with Gasteiger partial charge in [-0.05, 0) is 82.0 Å². The molecular formula is C28H28N2. The average molecular weight is 393 g/mol. The molecule has 2 heterocycles. The first-order valence-corrected chi connectivity index (χ1v) is 11.0. The van der Waals surface area contributed by atoms with Crippen LogP contribution < -0.4 is 0 Å². The molecule has 0 fully saturated rings. The molecule has 0 unspecified atom stereocenters. The second-order valence-electron chi connectivity index (χ2n) is 9.05. The molecule has 0 N–H and O–H groups in total. The SMILES string of the molecule is CC(C)c1cc2c(cn1)-c1ccnc(-c3cc(C(C)C)c4ccccc4c3)c1CC2. The third-order valence-corrected chi connectivity index (χ3v) is 6.38. The molecule has 2 aromatic carbocycles. The van der Waals surface area contributed by atoms with Crippen molar-refractivity contribution in [2.24, 2.45) is 0 Å². The highest BCUT2D eigenvalue weighted by Gasteiger charge is 2.22. The summed E-state index contributed by atoms with van der Waals surface area (Å²) >= 11 is 0. The van der Waals surface area contributed by atoms with Gasteiger partial charge in [-0.3, -0.25) is 9.97 Å². The highest BCUT2D eigenvalue weighted by atomic mass is 14.7. The molecule has 0 radical (unpaired) electrons. The molecule has 4 aromatic rings. The first-order chi connectivity index (χ1) is 14.5. The van der Waals surface area contributed by atoms with E-state index in [-0.39, 0.29) is 0 Å². The fourth-order valence-corrected chi connectivity index (χ4v) is 4.74. The van der Waals surface area contributed by atoms with E-state index in [1.807, 2.05) is 6.20 Å². The highest BCUT2D eigenvalue weighted by Crippen LogP contribution is 2.39. The minimum atomic E-state index is 0.455. The van der Waals surface area contributed by atoms with Gasteiger partial charge in [0.25, 0.3) is 0 Å². The standard InChI is InChI=1S/C28H28N2/c1-17(2)25-14-21(13-19-7-5-6-8-22(19)25)28-24-10-9-20-15-27(18(3)4)30-16-26(20)23(24)11-12-29-28/h5-8,11-18H,9-10H2,1-4H3. The summed E-state index contributed by atoms with van der Waals surface area (Å²) in [6.45, 7) is 8.96. The summed E-state index contributed by atoms with van der Waals surface area (Å²) in [6, 6.07) is 17.8. The zero-order valence-corrected chi connectivity index (χ0v) is 18.2. The highest BCUT2D eigenvalue weighted by molar-refractivity contribution is 5.91. The number of rotatable bonds is 3. The zero-order chi connectivity index (χ0) is 20.8. The second-order valence-corrected chi connectivity index (χ2v) is 9.05. The van der Waals surface area contributed by atoms with Crippen molar-refractivity contribution in [1.29, 1.82) is 0 Å². The molecule has 30 heavy (non-hydrogen) atoms. The van der Waals surface area contributed by atoms with E-state index in [0.717, 1.165) is 18.5 Å². The van der Waals surface area contributed by atoms with E-state index in [1.165, 1.54) is 49.8 Å². The molecule has 0 spiro atoms. The molecule has 2 nitrogen and oxygen atoms in total. The van der Waals surface area contributed by atoms with Gasteiger partial charge in [0, 0.05) is 29.2 Å². The van der Waals surface area contributed by atoms with Gasteiger partial charge in [0.15, 0.2) is 0 Å². The molecule has 2 aromatic heterocycles. The molecule has 0 atom stereocenters. The summed E-state index contributed by atoms with van der Waals surface area (Å²) in [5.74, 6) is 0.922. The summed E-state index contributed by atoms with van der Waals surface area (Å²) in [5, 5.41) is 2.63. The molecule has 150 valence electrons. The van der Waals surface area contributed by atoms with Gasteiger partial charge in [-0.1, -0.05) is 52.0 Å². The Kier molecular flexibility index (Phi) is 4.66. The van der Waals surface area contributed by atoms with Crippen molar-refractivity contribution in [1.82, 2.24) is 9.97 Å². The maximum absolute atomic E-state index is 4.87. The lowest BCUT2D eigenvalue weighted by molar-refractivity contribution is 0.812. The molecular weight excluding hydrogens is 364 g/mol. The van der Waals surface area contributed by atoms with E-state index in [2.05, 4.69) is 82.4 Å². The molecule has 0 aliphatic heterocycles. The van der Waals surface area contributed by atoms with Crippen molar-refractivity contribution in [3.05, 3.63) is 83.3 Å². The van der Waals surface area contributed by atoms with Gasteiger partial charge in [0.05, 0.1) is 5.69 Å². The van der Waals surface area contributed by atoms with Gasteiger partial charge >= 0.3 is 0 Å². The Balaban J connectivity index is 1.69. The van der Waals surface area contributed by atoms with E-state index in [0.29, 0.717) is 11.8 Å². The van der Waals surface area contributed by atoms with Gasteiger partial charge in [0.1, 0.15) is 0 Å². The quantitative estimate of drug-likeness (QED) is 0.365. The van der Waals surface area contributed by atoms with Gasteiger partial charge in [-0.15, -0.1) is 0 Å². The molecule has 5 rings (SSSR count). The van der Waals surface area contributed by atoms with Crippen LogP contribution in [0.15, 0.2) is 60.9 Å². The molecule has 1 aliphatic rings. The van der Waals surface area contributed by atoms with Crippen LogP contribution in [-0.4, -0.2) is 9.97 Å². The van der Waals surface area contributed by atoms with E-state index < -0.39 is 0 Å². The van der Waals surface area contributed by atoms with Crippen LogP contribution in [0.5, 0.6) is 0 Å². The summed E-state index contributed by atoms with van der Waals surface area (Å²) in [4.78, 5) is 9.62. The number of hydrogen-bond donors (Lipinski definition) is 0. The van der Waals surface area contributed by atoms with E-state index in [4.69, 9.17) is 9.97 Å². The van der Waals surface area contributed by atoms with Crippen molar-refractivity contribution >= 4 is 10.8 Å². The summed E-state index contributed by atoms with van der Waals surface area (Å²) in [6.07, 6.45) is 6.11. The number of pyridine rings is 2. The summed E-state index contributed by atoms with van der Waals surface area (Å²) in [5.41, 5.74) is 10.3. The Morgan fingerprint density at radius 2 is 1.63 bits per heavy atom. The third kappa shape index (κ3) is 3.11. The van der Waals surface area contributed by atoms with E-state index >= 15 is 0 Å². The Morgan fingerprint density at radius 1 is 0.800 bits per heavy atom. The maximum atomic E-state index is 4.87. The Bertz CT molecular complexity index is 1250. The largest absolute Gasteiger partial charge is 0.260 e. The fraction of sp³-hybridized carbons (Fsp3) is 0.286. The third-order valence-electron chi connectivity index (χ3n) is 6.38. The average Bonchev–Trinajstić information content (AvgIpc) is 2.77. The first kappa shape index (κ1) is 19.0. The lowest BCUT2D eigenvalue weighted by atomic mass is 9.83. The van der Waals surface area contributed by atoms with Gasteiger partial charge in [-0.25, -0.2) is 0 Å². The predicted molar refractivity (Wildman–Crippen MR) is 126 cm³/mol. The lowest BCUT2D eigenvalue weighted by Crippen LogP contribution is -2.09. The number of benzene rings is 2. The van der Waals surface area contributed by atoms with Crippen molar-refractivity contribution in [3.63, 3.8) is 0 Å². The zero-order valence-electron chi connectivity index (χ0n) is 18.2. The van der Waals surface area contributed by atoms with E-state index in [1.54, 1.807) is 0 Å². The van der Waals surface area contributed by atoms with Crippen LogP contribution in [0.4, 0.5) is 0 Å². The van der Waals surface area contributed by atoms with Crippen LogP contribution in [0.2, 0.25) is 0 Å². The van der Waals surface area contributed by atoms with Crippen molar-refractivity contribution in [3.8, 4) is 22.4 Å². The Morgan fingerprint density at radius 3 is 2.43 bits per heavy atom. The summed E-state index contributed by atoms with van der Waals surface area (Å²) < 4.78 is 0. The van der Waals surface area contributed by atoms with Crippen LogP contribution in [0.1, 0.15) is 61.9 Å². The number of aryl methyl sites for hydroxylation is 1. The number of hydrogen-bond acceptors (Lipinski definition) is 2. The van der Waals surface area contributed by atoms with Gasteiger partial charge < -0.3 is 0 Å². The number of aromatic nitrogens is 2. The van der Waals surface area contributed by atoms with Gasteiger partial charge in [0.2, 0.25) is 0 Å². The van der Waals surface area contributed by atoms with Crippen molar-refractivity contribution in [2.75, 3.05) is 0 Å². The topological polar surface area (TPSA) is 25.8 Å². The predicted octanol–water partition coefficient (Wildman–Crippen LogP) is 7.31. The minimum Gasteiger partial charge on any atom is -0.260 e. The second kappa shape index (κ2) is 7.36. The number of nitrogens with zero attached hydrogens (tertiary/aromatic N) is 2. The van der Waals surface area contributed by atoms with Crippen molar-refractivity contribution in [2.45, 2.75) is 52.4 Å². The molecule has 0 saturated heterocycles. The molecule has 0 bridgehead atoms. The maximum Gasteiger partial charge on any atom is 0.0740 e. The van der Waals surface area contributed by atoms with Gasteiger partial charge in [-0.2, -0.15) is 0 Å². The lowest BCUT2D eigenvalue weighted by Gasteiger charge is -2.23. The summed E-state index contributed by atoms with van der Waals surface area (Å²) in [7, 11) is 0. The van der Waals surface area contributed by atoms with Crippen LogP contribution in [0.3, 0.4) is 0 Å². The molecule has 0 amide bonds. The molecule has 2 heteroatoms. The molecule has 0 saturated carbocycles. The van der Waals surface area contributed by atoms with Crippen LogP contribution >= 0.6 is 0 Å². The fourth-order valence-electron chi connectivity index (χ4n) is 4.74. The van der Waals surface area contributed by atoms with Crippen LogP contribution in [-0.2, 0) is 12.8 Å². The minimum absolute atomic E-state index is 0.455.